The molecule has 0 spiro atoms. The summed E-state index contributed by atoms with van der Waals surface area (Å²) in [5, 5.41) is 110. The molecule has 40 nitrogen and oxygen atoms in total. The van der Waals surface area contributed by atoms with Crippen LogP contribution in [0.15, 0.2) is 0 Å². The number of amides is 7. The number of rotatable bonds is 67. The number of hydrogen-bond donors (Lipinski definition) is 17. The van der Waals surface area contributed by atoms with Gasteiger partial charge in [-0.25, -0.2) is 4.57 Å². The van der Waals surface area contributed by atoms with E-state index in [2.05, 4.69) is 41.7 Å². The van der Waals surface area contributed by atoms with Crippen molar-refractivity contribution in [3.05, 3.63) is 0 Å². The summed E-state index contributed by atoms with van der Waals surface area (Å²) in [6, 6.07) is -1.77. The van der Waals surface area contributed by atoms with Gasteiger partial charge in [0.1, 0.15) is 30.0 Å². The molecular formula is C71H132N7O33P. The highest BCUT2D eigenvalue weighted by molar-refractivity contribution is 7.47. The second-order valence-corrected chi connectivity index (χ2v) is 29.2. The predicted octanol–water partition coefficient (Wildman–Crippen LogP) is -4.37. The molecule has 1 saturated heterocycles. The maximum absolute atomic E-state index is 13.9. The quantitative estimate of drug-likeness (QED) is 0.0202. The fourth-order valence-corrected chi connectivity index (χ4v) is 12.7. The molecule has 0 aromatic heterocycles. The summed E-state index contributed by atoms with van der Waals surface area (Å²) in [4.78, 5) is 98.5. The third-order valence-electron chi connectivity index (χ3n) is 18.5. The van der Waals surface area contributed by atoms with E-state index in [0.29, 0.717) is 45.1 Å². The van der Waals surface area contributed by atoms with Gasteiger partial charge in [-0.3, -0.25) is 42.6 Å². The van der Waals surface area contributed by atoms with Gasteiger partial charge in [-0.15, -0.1) is 0 Å². The average Bonchev–Trinajstić information content (AvgIpc) is 0.816. The molecule has 3 aliphatic rings. The molecule has 1 aliphatic heterocycles. The zero-order chi connectivity index (χ0) is 82.4. The first-order valence-corrected chi connectivity index (χ1v) is 40.4. The fraction of sp³-hybridized carbons (Fsp3) is 0.901. The van der Waals surface area contributed by atoms with Gasteiger partial charge in [0.15, 0.2) is 6.29 Å². The Morgan fingerprint density at radius 1 is 0.411 bits per heavy atom. The van der Waals surface area contributed by atoms with Crippen molar-refractivity contribution in [2.24, 2.45) is 17.8 Å². The predicted molar refractivity (Wildman–Crippen MR) is 395 cm³/mol. The van der Waals surface area contributed by atoms with Gasteiger partial charge in [0.05, 0.1) is 195 Å². The molecule has 7 amide bonds. The number of aliphatic hydroxyl groups is 9. The molecule has 3 fully saturated rings. The molecule has 0 bridgehead atoms. The highest BCUT2D eigenvalue weighted by Crippen LogP contribution is 2.42. The summed E-state index contributed by atoms with van der Waals surface area (Å²) >= 11 is 0. The summed E-state index contributed by atoms with van der Waals surface area (Å²) in [5.74, 6) is -4.30. The molecule has 41 heteroatoms. The van der Waals surface area contributed by atoms with Crippen molar-refractivity contribution in [1.82, 2.24) is 37.2 Å². The summed E-state index contributed by atoms with van der Waals surface area (Å²) in [7, 11) is -2.93. The Bertz CT molecular complexity index is 2510. The lowest BCUT2D eigenvalue weighted by Gasteiger charge is -2.42. The van der Waals surface area contributed by atoms with E-state index < -0.39 is 129 Å². The Balaban J connectivity index is 1.55. The molecule has 3 rings (SSSR count). The minimum absolute atomic E-state index is 0.0560. The molecule has 0 radical (unpaired) electrons. The van der Waals surface area contributed by atoms with Gasteiger partial charge >= 0.3 is 7.82 Å². The van der Waals surface area contributed by atoms with Crippen LogP contribution in [0.5, 0.6) is 0 Å². The molecule has 1 heterocycles. The Labute approximate surface area is 655 Å². The lowest BCUT2D eigenvalue weighted by atomic mass is 9.79. The Kier molecular flexibility index (Phi) is 55.3. The Morgan fingerprint density at radius 3 is 1.20 bits per heavy atom. The number of phosphoric ester groups is 1. The molecule has 2 saturated carbocycles. The van der Waals surface area contributed by atoms with Gasteiger partial charge in [0.25, 0.3) is 0 Å². The number of aliphatic hydroxyl groups excluding tert-OH is 9. The molecule has 2 aliphatic carbocycles. The molecule has 0 aromatic carbocycles. The minimum Gasteiger partial charge on any atom is -0.396 e. The van der Waals surface area contributed by atoms with Crippen molar-refractivity contribution < 1.29 is 160 Å². The van der Waals surface area contributed by atoms with Crippen molar-refractivity contribution in [2.75, 3.05) is 198 Å². The van der Waals surface area contributed by atoms with Crippen LogP contribution in [0.3, 0.4) is 0 Å². The van der Waals surface area contributed by atoms with Crippen LogP contribution in [0.25, 0.3) is 0 Å². The first-order valence-electron chi connectivity index (χ1n) is 38.9. The van der Waals surface area contributed by atoms with Crippen molar-refractivity contribution in [3.63, 3.8) is 0 Å². The monoisotopic (exact) mass is 1640 g/mol. The number of phosphoric acid groups is 1. The van der Waals surface area contributed by atoms with Crippen LogP contribution in [0.2, 0.25) is 0 Å². The van der Waals surface area contributed by atoms with Crippen molar-refractivity contribution >= 4 is 49.2 Å². The number of nitrogens with one attached hydrogen (secondary N) is 7. The molecule has 17 N–H and O–H groups in total. The zero-order valence-corrected chi connectivity index (χ0v) is 66.5. The van der Waals surface area contributed by atoms with Crippen molar-refractivity contribution in [1.29, 1.82) is 0 Å². The van der Waals surface area contributed by atoms with Gasteiger partial charge in [0, 0.05) is 110 Å². The molecule has 0 aromatic rings. The molecular weight excluding hydrogens is 1510 g/mol. The summed E-state index contributed by atoms with van der Waals surface area (Å²) < 4.78 is 95.4. The van der Waals surface area contributed by atoms with Gasteiger partial charge in [-0.05, 0) is 38.5 Å². The van der Waals surface area contributed by atoms with Crippen molar-refractivity contribution in [2.45, 2.75) is 196 Å². The average molecular weight is 1640 g/mol. The summed E-state index contributed by atoms with van der Waals surface area (Å²) in [6.07, 6.45) is -5.25. The standard InChI is InChI=1S/C71H132N7O33P/c1-49-64(89)67(92)56(45-81)111-70(49)109-40-37-103-34-31-100-28-21-75-60(87)17-25-106-48-71(78-61(88)14-10-6-5-9-13-57(84)72-18-11-7-8-12-22-110-112(95,96)97-4,46-104-23-15-58(85)73-19-26-98-29-32-101-35-38-107-54-41-52(43-79)65(90)68(93)62(54)76-50(2)82)47-105-24-16-59(86)74-20-27-99-30-33-102-36-39-108-55-42-53(44-80)66(91)69(94)63(55)77-51(3)83/h49,52-56,62-70,79-81,89-94H,5-48H2,1-4H3,(H,72,84)(H,73,85)(H,74,86)(H,75,87)(H,76,82)(H,77,83)(H,78,88)(H,95,96). The van der Waals surface area contributed by atoms with E-state index in [-0.39, 0.29) is 247 Å². The molecule has 654 valence electrons. The smallest absolute Gasteiger partial charge is 0.396 e. The molecule has 16 atom stereocenters. The van der Waals surface area contributed by atoms with Gasteiger partial charge in [-0.2, -0.15) is 0 Å². The zero-order valence-electron chi connectivity index (χ0n) is 65.6. The number of hydrogen-bond acceptors (Lipinski definition) is 32. The van der Waals surface area contributed by atoms with E-state index in [9.17, 15) is 89.0 Å². The second kappa shape index (κ2) is 60.9. The van der Waals surface area contributed by atoms with Crippen LogP contribution in [0.4, 0.5) is 0 Å². The van der Waals surface area contributed by atoms with E-state index in [1.807, 2.05) is 0 Å². The summed E-state index contributed by atoms with van der Waals surface area (Å²) in [6.45, 7) is 5.12. The Morgan fingerprint density at radius 2 is 0.786 bits per heavy atom. The highest BCUT2D eigenvalue weighted by atomic mass is 31.2. The van der Waals surface area contributed by atoms with E-state index >= 15 is 0 Å². The highest BCUT2D eigenvalue weighted by Gasteiger charge is 2.46. The maximum atomic E-state index is 13.9. The number of unbranched alkanes of at least 4 members (excludes halogenated alkanes) is 6. The largest absolute Gasteiger partial charge is 0.471 e. The topological polar surface area (TPSA) is 562 Å². The van der Waals surface area contributed by atoms with Crippen LogP contribution < -0.4 is 37.2 Å². The normalized spacial score (nSPS) is 25.0. The minimum atomic E-state index is -4.02. The van der Waals surface area contributed by atoms with E-state index in [1.165, 1.54) is 13.8 Å². The molecule has 112 heavy (non-hydrogen) atoms. The first-order chi connectivity index (χ1) is 53.8. The van der Waals surface area contributed by atoms with Crippen molar-refractivity contribution in [3.8, 4) is 0 Å². The van der Waals surface area contributed by atoms with E-state index in [4.69, 9.17) is 66.1 Å². The maximum Gasteiger partial charge on any atom is 0.471 e. The number of carbonyl (C=O) groups excluding carboxylic acids is 7. The van der Waals surface area contributed by atoms with Gasteiger partial charge < -0.3 is 150 Å². The second-order valence-electron chi connectivity index (χ2n) is 27.6. The first kappa shape index (κ1) is 102. The van der Waals surface area contributed by atoms with Crippen LogP contribution in [0.1, 0.15) is 117 Å². The van der Waals surface area contributed by atoms with E-state index in [0.717, 1.165) is 20.0 Å². The SMILES string of the molecule is COP(=O)(O)OCCCCCCNC(=O)CCCCCCC(=O)NC(COCCC(=O)NCCOCCOCCOC1CC(CO)C(O)C(O)C1NC(C)=O)(COCCC(=O)NCCOCCOCCOC1CC(CO)C(O)C(O)C1NC(C)=O)COCCC(=O)NCCOCCOCCOC1OC(CO)C(O)C(O)C1C. The van der Waals surface area contributed by atoms with Crippen LogP contribution >= 0.6 is 7.82 Å². The van der Waals surface area contributed by atoms with Gasteiger partial charge in [-0.1, -0.05) is 32.6 Å². The third kappa shape index (κ3) is 44.2. The lowest BCUT2D eigenvalue weighted by molar-refractivity contribution is -0.284. The third-order valence-corrected chi connectivity index (χ3v) is 19.5. The molecule has 16 unspecified atom stereocenters. The van der Waals surface area contributed by atoms with Crippen LogP contribution in [-0.4, -0.2) is 370 Å². The van der Waals surface area contributed by atoms with E-state index in [1.54, 1.807) is 6.92 Å². The number of carbonyl (C=O) groups is 7. The summed E-state index contributed by atoms with van der Waals surface area (Å²) in [5.41, 5.74) is -1.43. The Hall–Kier alpha value is -4.48. The van der Waals surface area contributed by atoms with Crippen LogP contribution in [-0.2, 0) is 109 Å². The van der Waals surface area contributed by atoms with Gasteiger partial charge in [0.2, 0.25) is 41.4 Å². The fourth-order valence-electron chi connectivity index (χ4n) is 12.2. The number of ether oxygens (including phenoxy) is 13. The van der Waals surface area contributed by atoms with Crippen LogP contribution in [0, 0.1) is 17.8 Å². The lowest BCUT2D eigenvalue weighted by Crippen LogP contribution is -2.61.